The molecule has 0 bridgehead atoms. The Morgan fingerprint density at radius 3 is 2.64 bits per heavy atom. The number of hydrogen-bond donors (Lipinski definition) is 1. The zero-order valence-electron chi connectivity index (χ0n) is 8.99. The number of nitrogens with two attached hydrogens (primary N) is 1. The van der Waals surface area contributed by atoms with Crippen molar-refractivity contribution in [3.63, 3.8) is 0 Å². The molecule has 14 heavy (non-hydrogen) atoms. The first kappa shape index (κ1) is 11.2. The fourth-order valence-corrected chi connectivity index (χ4v) is 1.25. The molecule has 1 unspecified atom stereocenters. The van der Waals surface area contributed by atoms with Crippen molar-refractivity contribution in [2.45, 2.75) is 52.0 Å². The number of unbranched alkanes of at least 4 members (excludes halogenated alkanes) is 3. The molecule has 0 aromatic carbocycles. The Kier molecular flexibility index (Phi) is 4.59. The molecule has 0 aliphatic rings. The highest BCUT2D eigenvalue weighted by Crippen LogP contribution is 2.10. The van der Waals surface area contributed by atoms with Gasteiger partial charge in [0.15, 0.2) is 0 Å². The van der Waals surface area contributed by atoms with E-state index in [-0.39, 0.29) is 6.04 Å². The van der Waals surface area contributed by atoms with Crippen LogP contribution in [0, 0.1) is 0 Å². The van der Waals surface area contributed by atoms with Crippen molar-refractivity contribution in [1.82, 2.24) is 10.2 Å². The van der Waals surface area contributed by atoms with Crippen LogP contribution in [0.4, 0.5) is 0 Å². The number of rotatable bonds is 6. The monoisotopic (exact) mass is 197 g/mol. The molecule has 0 spiro atoms. The minimum atomic E-state index is -0.160. The van der Waals surface area contributed by atoms with Gasteiger partial charge in [0.1, 0.15) is 0 Å². The first-order chi connectivity index (χ1) is 6.74. The maximum atomic E-state index is 5.61. The van der Waals surface area contributed by atoms with Crippen molar-refractivity contribution in [3.05, 3.63) is 11.8 Å². The minimum Gasteiger partial charge on any atom is -0.424 e. The summed E-state index contributed by atoms with van der Waals surface area (Å²) in [5, 5.41) is 7.81. The third kappa shape index (κ3) is 3.46. The summed E-state index contributed by atoms with van der Waals surface area (Å²) in [6.45, 7) is 4.04. The van der Waals surface area contributed by atoms with Crippen LogP contribution >= 0.6 is 0 Å². The lowest BCUT2D eigenvalue weighted by Gasteiger charge is -1.96. The Hall–Kier alpha value is -0.900. The van der Waals surface area contributed by atoms with E-state index in [9.17, 15) is 0 Å². The van der Waals surface area contributed by atoms with Crippen LogP contribution in [0.25, 0.3) is 0 Å². The molecule has 4 heteroatoms. The van der Waals surface area contributed by atoms with Crippen molar-refractivity contribution in [2.24, 2.45) is 5.73 Å². The van der Waals surface area contributed by atoms with E-state index in [1.165, 1.54) is 19.3 Å². The van der Waals surface area contributed by atoms with Crippen LogP contribution in [0.5, 0.6) is 0 Å². The Bertz CT molecular complexity index is 258. The molecule has 1 heterocycles. The summed E-state index contributed by atoms with van der Waals surface area (Å²) in [5.74, 6) is 1.25. The normalized spacial score (nSPS) is 13.1. The van der Waals surface area contributed by atoms with E-state index in [1.807, 2.05) is 6.92 Å². The molecular formula is C10H19N3O. The fourth-order valence-electron chi connectivity index (χ4n) is 1.25. The van der Waals surface area contributed by atoms with Crippen LogP contribution < -0.4 is 5.73 Å². The maximum absolute atomic E-state index is 5.61. The van der Waals surface area contributed by atoms with E-state index in [1.54, 1.807) is 0 Å². The number of hydrogen-bond acceptors (Lipinski definition) is 4. The summed E-state index contributed by atoms with van der Waals surface area (Å²) in [7, 11) is 0. The largest absolute Gasteiger partial charge is 0.424 e. The van der Waals surface area contributed by atoms with Gasteiger partial charge in [0, 0.05) is 6.42 Å². The number of nitrogens with zero attached hydrogens (tertiary/aromatic N) is 2. The molecule has 1 aromatic heterocycles. The molecule has 80 valence electrons. The highest BCUT2D eigenvalue weighted by Gasteiger charge is 2.08. The Balaban J connectivity index is 2.29. The lowest BCUT2D eigenvalue weighted by Crippen LogP contribution is -2.04. The molecular weight excluding hydrogens is 178 g/mol. The lowest BCUT2D eigenvalue weighted by atomic mass is 10.1. The highest BCUT2D eigenvalue weighted by molar-refractivity contribution is 4.86. The van der Waals surface area contributed by atoms with Gasteiger partial charge in [0.2, 0.25) is 11.8 Å². The third-order valence-corrected chi connectivity index (χ3v) is 2.12. The minimum absolute atomic E-state index is 0.160. The van der Waals surface area contributed by atoms with E-state index in [2.05, 4.69) is 17.1 Å². The van der Waals surface area contributed by atoms with E-state index in [0.29, 0.717) is 11.8 Å². The second-order valence-electron chi connectivity index (χ2n) is 3.63. The SMILES string of the molecule is CCCCCCc1nnc(C(C)N)o1. The molecule has 1 atom stereocenters. The van der Waals surface area contributed by atoms with Crippen LogP contribution in [0.1, 0.15) is 57.4 Å². The van der Waals surface area contributed by atoms with Gasteiger partial charge in [-0.1, -0.05) is 26.2 Å². The Labute approximate surface area is 84.9 Å². The molecule has 1 aromatic rings. The average molecular weight is 197 g/mol. The quantitative estimate of drug-likeness (QED) is 0.710. The van der Waals surface area contributed by atoms with Crippen LogP contribution in [-0.2, 0) is 6.42 Å². The molecule has 0 amide bonds. The van der Waals surface area contributed by atoms with Crippen LogP contribution in [0.2, 0.25) is 0 Å². The third-order valence-electron chi connectivity index (χ3n) is 2.12. The summed E-state index contributed by atoms with van der Waals surface area (Å²) in [5.41, 5.74) is 5.61. The van der Waals surface area contributed by atoms with Gasteiger partial charge in [-0.3, -0.25) is 0 Å². The van der Waals surface area contributed by atoms with Gasteiger partial charge in [0.05, 0.1) is 6.04 Å². The zero-order chi connectivity index (χ0) is 10.4. The second kappa shape index (κ2) is 5.75. The van der Waals surface area contributed by atoms with Crippen LogP contribution in [0.3, 0.4) is 0 Å². The van der Waals surface area contributed by atoms with Gasteiger partial charge in [0.25, 0.3) is 0 Å². The molecule has 0 saturated heterocycles. The summed E-state index contributed by atoms with van der Waals surface area (Å²) in [6.07, 6.45) is 5.74. The number of aryl methyl sites for hydroxylation is 1. The number of aromatic nitrogens is 2. The van der Waals surface area contributed by atoms with E-state index in [4.69, 9.17) is 10.2 Å². The fraction of sp³-hybridized carbons (Fsp3) is 0.800. The molecule has 0 aliphatic carbocycles. The maximum Gasteiger partial charge on any atom is 0.232 e. The van der Waals surface area contributed by atoms with Gasteiger partial charge in [-0.15, -0.1) is 10.2 Å². The molecule has 0 fully saturated rings. The van der Waals surface area contributed by atoms with Crippen molar-refractivity contribution < 1.29 is 4.42 Å². The second-order valence-corrected chi connectivity index (χ2v) is 3.63. The molecule has 1 rings (SSSR count). The van der Waals surface area contributed by atoms with Gasteiger partial charge in [-0.05, 0) is 13.3 Å². The average Bonchev–Trinajstić information content (AvgIpc) is 2.61. The van der Waals surface area contributed by atoms with Crippen LogP contribution in [0.15, 0.2) is 4.42 Å². The molecule has 2 N–H and O–H groups in total. The van der Waals surface area contributed by atoms with E-state index < -0.39 is 0 Å². The van der Waals surface area contributed by atoms with Gasteiger partial charge < -0.3 is 10.2 Å². The Morgan fingerprint density at radius 2 is 2.07 bits per heavy atom. The summed E-state index contributed by atoms with van der Waals surface area (Å²) >= 11 is 0. The van der Waals surface area contributed by atoms with E-state index in [0.717, 1.165) is 12.8 Å². The predicted molar refractivity (Wildman–Crippen MR) is 54.7 cm³/mol. The van der Waals surface area contributed by atoms with Gasteiger partial charge in [-0.25, -0.2) is 0 Å². The predicted octanol–water partition coefficient (Wildman–Crippen LogP) is 2.21. The standard InChI is InChI=1S/C10H19N3O/c1-3-4-5-6-7-9-12-13-10(14-9)8(2)11/h8H,3-7,11H2,1-2H3. The smallest absolute Gasteiger partial charge is 0.232 e. The van der Waals surface area contributed by atoms with Crippen molar-refractivity contribution in [3.8, 4) is 0 Å². The van der Waals surface area contributed by atoms with E-state index >= 15 is 0 Å². The first-order valence-electron chi connectivity index (χ1n) is 5.32. The van der Waals surface area contributed by atoms with Gasteiger partial charge in [-0.2, -0.15) is 0 Å². The van der Waals surface area contributed by atoms with Crippen molar-refractivity contribution >= 4 is 0 Å². The first-order valence-corrected chi connectivity index (χ1v) is 5.32. The lowest BCUT2D eigenvalue weighted by molar-refractivity contribution is 0.420. The zero-order valence-corrected chi connectivity index (χ0v) is 8.99. The van der Waals surface area contributed by atoms with Gasteiger partial charge >= 0.3 is 0 Å². The molecule has 0 radical (unpaired) electrons. The van der Waals surface area contributed by atoms with Crippen LogP contribution in [-0.4, -0.2) is 10.2 Å². The van der Waals surface area contributed by atoms with Crippen molar-refractivity contribution in [1.29, 1.82) is 0 Å². The highest BCUT2D eigenvalue weighted by atomic mass is 16.4. The molecule has 4 nitrogen and oxygen atoms in total. The Morgan fingerprint density at radius 1 is 1.29 bits per heavy atom. The topological polar surface area (TPSA) is 64.9 Å². The summed E-state index contributed by atoms with van der Waals surface area (Å²) in [6, 6.07) is -0.160. The molecule has 0 saturated carbocycles. The van der Waals surface area contributed by atoms with Crippen molar-refractivity contribution in [2.75, 3.05) is 0 Å². The summed E-state index contributed by atoms with van der Waals surface area (Å²) in [4.78, 5) is 0. The molecule has 0 aliphatic heterocycles. The summed E-state index contributed by atoms with van der Waals surface area (Å²) < 4.78 is 5.38.